The summed E-state index contributed by atoms with van der Waals surface area (Å²) in [6.45, 7) is 0.901. The first-order valence-electron chi connectivity index (χ1n) is 6.77. The van der Waals surface area contributed by atoms with Crippen LogP contribution >= 0.6 is 11.6 Å². The highest BCUT2D eigenvalue weighted by Crippen LogP contribution is 2.30. The molecule has 110 valence electrons. The maximum absolute atomic E-state index is 9.17. The van der Waals surface area contributed by atoms with Crippen molar-refractivity contribution in [2.75, 3.05) is 13.6 Å². The summed E-state index contributed by atoms with van der Waals surface area (Å²) in [6.07, 6.45) is 4.89. The van der Waals surface area contributed by atoms with E-state index in [1.54, 1.807) is 30.7 Å². The molecule has 0 aliphatic rings. The standard InChI is InChI=1S/C16H17ClN2O2/c1-19-7-2-3-15(13-6-8-20-11-13)21-16-9-14(17)5-4-12(16)10-18/h4-6,8-9,11,15,19H,2-3,7H2,1H3. The van der Waals surface area contributed by atoms with Crippen molar-refractivity contribution in [3.63, 3.8) is 0 Å². The van der Waals surface area contributed by atoms with Crippen LogP contribution in [0.5, 0.6) is 5.75 Å². The van der Waals surface area contributed by atoms with Gasteiger partial charge in [0.05, 0.1) is 18.1 Å². The second-order valence-corrected chi connectivity index (χ2v) is 5.10. The van der Waals surface area contributed by atoms with Crippen LogP contribution in [0.25, 0.3) is 0 Å². The van der Waals surface area contributed by atoms with Crippen molar-refractivity contribution in [2.45, 2.75) is 18.9 Å². The van der Waals surface area contributed by atoms with E-state index in [2.05, 4.69) is 11.4 Å². The number of nitriles is 1. The van der Waals surface area contributed by atoms with Crippen molar-refractivity contribution in [2.24, 2.45) is 0 Å². The lowest BCUT2D eigenvalue weighted by atomic mass is 10.1. The highest BCUT2D eigenvalue weighted by molar-refractivity contribution is 6.30. The van der Waals surface area contributed by atoms with Crippen molar-refractivity contribution in [1.82, 2.24) is 5.32 Å². The number of nitrogens with one attached hydrogen (secondary N) is 1. The van der Waals surface area contributed by atoms with E-state index < -0.39 is 0 Å². The van der Waals surface area contributed by atoms with Gasteiger partial charge in [-0.3, -0.25) is 0 Å². The Morgan fingerprint density at radius 3 is 2.95 bits per heavy atom. The van der Waals surface area contributed by atoms with Crippen molar-refractivity contribution in [3.8, 4) is 11.8 Å². The molecule has 1 aromatic heterocycles. The zero-order chi connectivity index (χ0) is 15.1. The molecule has 1 aromatic carbocycles. The summed E-state index contributed by atoms with van der Waals surface area (Å²) >= 11 is 5.99. The van der Waals surface area contributed by atoms with Crippen LogP contribution in [0, 0.1) is 11.3 Å². The van der Waals surface area contributed by atoms with Crippen molar-refractivity contribution in [1.29, 1.82) is 5.26 Å². The fourth-order valence-corrected chi connectivity index (χ4v) is 2.22. The molecule has 0 saturated heterocycles. The quantitative estimate of drug-likeness (QED) is 0.788. The number of nitrogens with zero attached hydrogens (tertiary/aromatic N) is 1. The molecule has 0 aliphatic heterocycles. The third-order valence-corrected chi connectivity index (χ3v) is 3.38. The molecule has 4 nitrogen and oxygen atoms in total. The van der Waals surface area contributed by atoms with E-state index in [4.69, 9.17) is 26.0 Å². The van der Waals surface area contributed by atoms with E-state index in [-0.39, 0.29) is 6.10 Å². The minimum Gasteiger partial charge on any atom is -0.484 e. The fourth-order valence-electron chi connectivity index (χ4n) is 2.06. The number of benzene rings is 1. The van der Waals surface area contributed by atoms with Crippen molar-refractivity contribution in [3.05, 3.63) is 52.9 Å². The van der Waals surface area contributed by atoms with Gasteiger partial charge in [0.25, 0.3) is 0 Å². The lowest BCUT2D eigenvalue weighted by Crippen LogP contribution is -2.13. The van der Waals surface area contributed by atoms with E-state index in [0.717, 1.165) is 24.9 Å². The molecule has 0 spiro atoms. The van der Waals surface area contributed by atoms with E-state index in [1.165, 1.54) is 0 Å². The lowest BCUT2D eigenvalue weighted by Gasteiger charge is -2.19. The summed E-state index contributed by atoms with van der Waals surface area (Å²) < 4.78 is 11.1. The monoisotopic (exact) mass is 304 g/mol. The van der Waals surface area contributed by atoms with E-state index in [1.807, 2.05) is 13.1 Å². The minimum absolute atomic E-state index is 0.164. The van der Waals surface area contributed by atoms with Crippen molar-refractivity contribution < 1.29 is 9.15 Å². The Morgan fingerprint density at radius 1 is 1.43 bits per heavy atom. The Balaban J connectivity index is 2.19. The number of furan rings is 1. The molecule has 0 amide bonds. The van der Waals surface area contributed by atoms with Gasteiger partial charge in [0.15, 0.2) is 0 Å². The molecule has 1 unspecified atom stereocenters. The normalized spacial score (nSPS) is 11.9. The largest absolute Gasteiger partial charge is 0.484 e. The summed E-state index contributed by atoms with van der Waals surface area (Å²) in [6, 6.07) is 9.01. The Labute approximate surface area is 129 Å². The maximum atomic E-state index is 9.17. The molecule has 0 aliphatic carbocycles. The van der Waals surface area contributed by atoms with Gasteiger partial charge in [-0.1, -0.05) is 11.6 Å². The van der Waals surface area contributed by atoms with Gasteiger partial charge in [0.2, 0.25) is 0 Å². The first-order valence-corrected chi connectivity index (χ1v) is 7.15. The Kier molecular flexibility index (Phi) is 5.68. The van der Waals surface area contributed by atoms with Gasteiger partial charge in [0.1, 0.15) is 17.9 Å². The molecule has 0 bridgehead atoms. The molecule has 1 heterocycles. The predicted molar refractivity (Wildman–Crippen MR) is 81.4 cm³/mol. The average molecular weight is 305 g/mol. The summed E-state index contributed by atoms with van der Waals surface area (Å²) in [5.74, 6) is 0.501. The summed E-state index contributed by atoms with van der Waals surface area (Å²) in [5, 5.41) is 12.8. The SMILES string of the molecule is CNCCCC(Oc1cc(Cl)ccc1C#N)c1ccoc1. The zero-order valence-corrected chi connectivity index (χ0v) is 12.6. The van der Waals surface area contributed by atoms with Gasteiger partial charge in [-0.15, -0.1) is 0 Å². The fraction of sp³-hybridized carbons (Fsp3) is 0.312. The summed E-state index contributed by atoms with van der Waals surface area (Å²) in [4.78, 5) is 0. The number of rotatable bonds is 7. The van der Waals surface area contributed by atoms with Gasteiger partial charge in [-0.25, -0.2) is 0 Å². The highest BCUT2D eigenvalue weighted by Gasteiger charge is 2.16. The molecular formula is C16H17ClN2O2. The lowest BCUT2D eigenvalue weighted by molar-refractivity contribution is 0.190. The zero-order valence-electron chi connectivity index (χ0n) is 11.8. The van der Waals surface area contributed by atoms with Crippen LogP contribution in [-0.4, -0.2) is 13.6 Å². The van der Waals surface area contributed by atoms with E-state index in [0.29, 0.717) is 16.3 Å². The molecule has 0 fully saturated rings. The van der Waals surface area contributed by atoms with Crippen molar-refractivity contribution >= 4 is 11.6 Å². The number of halogens is 1. The maximum Gasteiger partial charge on any atom is 0.139 e. The molecule has 2 aromatic rings. The second-order valence-electron chi connectivity index (χ2n) is 4.66. The third-order valence-electron chi connectivity index (χ3n) is 3.14. The van der Waals surface area contributed by atoms with Crippen LogP contribution in [0.4, 0.5) is 0 Å². The predicted octanol–water partition coefficient (Wildman–Crippen LogP) is 3.92. The molecule has 0 saturated carbocycles. The van der Waals surface area contributed by atoms with Gasteiger partial charge < -0.3 is 14.5 Å². The van der Waals surface area contributed by atoms with Crippen LogP contribution < -0.4 is 10.1 Å². The van der Waals surface area contributed by atoms with E-state index >= 15 is 0 Å². The van der Waals surface area contributed by atoms with Gasteiger partial charge in [0, 0.05) is 16.7 Å². The average Bonchev–Trinajstić information content (AvgIpc) is 3.01. The molecule has 0 radical (unpaired) electrons. The van der Waals surface area contributed by atoms with Crippen LogP contribution in [0.2, 0.25) is 5.02 Å². The van der Waals surface area contributed by atoms with Crippen LogP contribution in [-0.2, 0) is 0 Å². The summed E-state index contributed by atoms with van der Waals surface area (Å²) in [5.41, 5.74) is 1.43. The topological polar surface area (TPSA) is 58.2 Å². The number of hydrogen-bond acceptors (Lipinski definition) is 4. The molecular weight excluding hydrogens is 288 g/mol. The molecule has 2 rings (SSSR count). The van der Waals surface area contributed by atoms with Gasteiger partial charge in [-0.2, -0.15) is 5.26 Å². The highest BCUT2D eigenvalue weighted by atomic mass is 35.5. The van der Waals surface area contributed by atoms with Crippen LogP contribution in [0.1, 0.15) is 30.1 Å². The number of ether oxygens (including phenoxy) is 1. The second kappa shape index (κ2) is 7.72. The summed E-state index contributed by atoms with van der Waals surface area (Å²) in [7, 11) is 1.92. The first-order chi connectivity index (χ1) is 10.2. The first kappa shape index (κ1) is 15.4. The Hall–Kier alpha value is -1.96. The smallest absolute Gasteiger partial charge is 0.139 e. The van der Waals surface area contributed by atoms with Crippen LogP contribution in [0.3, 0.4) is 0 Å². The number of hydrogen-bond donors (Lipinski definition) is 1. The van der Waals surface area contributed by atoms with Gasteiger partial charge >= 0.3 is 0 Å². The Morgan fingerprint density at radius 2 is 2.29 bits per heavy atom. The molecule has 1 atom stereocenters. The minimum atomic E-state index is -0.164. The van der Waals surface area contributed by atoms with E-state index in [9.17, 15) is 0 Å². The Bertz CT molecular complexity index is 605. The molecule has 1 N–H and O–H groups in total. The van der Waals surface area contributed by atoms with Crippen LogP contribution in [0.15, 0.2) is 41.2 Å². The third kappa shape index (κ3) is 4.25. The molecule has 5 heteroatoms. The molecule has 21 heavy (non-hydrogen) atoms. The van der Waals surface area contributed by atoms with Gasteiger partial charge in [-0.05, 0) is 44.6 Å².